The van der Waals surface area contributed by atoms with Crippen LogP contribution in [0.3, 0.4) is 0 Å². The zero-order valence-corrected chi connectivity index (χ0v) is 13.7. The van der Waals surface area contributed by atoms with Crippen molar-refractivity contribution < 1.29 is 51.0 Å². The summed E-state index contributed by atoms with van der Waals surface area (Å²) in [4.78, 5) is 0. The monoisotopic (exact) mass is 343 g/mol. The second kappa shape index (κ2) is 7.12. The molecule has 0 heterocycles. The molecule has 0 saturated heterocycles. The first-order valence-electron chi connectivity index (χ1n) is 5.41. The molecule has 17 heavy (non-hydrogen) atoms. The number of fused-ring (bicyclic) bond motifs is 3. The van der Waals surface area contributed by atoms with Crippen molar-refractivity contribution in [3.8, 4) is 0 Å². The fourth-order valence-electron chi connectivity index (χ4n) is 2.91. The van der Waals surface area contributed by atoms with Crippen molar-refractivity contribution in [2.24, 2.45) is 23.7 Å². The first kappa shape index (κ1) is 17.4. The Balaban J connectivity index is 0.000000853. The number of hydrogen-bond donors (Lipinski definition) is 0. The molecule has 4 atom stereocenters. The Hall–Kier alpha value is 0.423. The predicted octanol–water partition coefficient (Wildman–Crippen LogP) is -2.68. The fourth-order valence-corrected chi connectivity index (χ4v) is 2.91. The zero-order chi connectivity index (χ0) is 9.54. The van der Waals surface area contributed by atoms with Gasteiger partial charge >= 0.3 is 26.2 Å². The molecule has 3 heteroatoms. The molecule has 0 aliphatic heterocycles. The Bertz CT molecular complexity index is 368. The molecule has 3 aliphatic carbocycles. The van der Waals surface area contributed by atoms with Gasteiger partial charge in [-0.25, -0.2) is 0 Å². The molecule has 0 nitrogen and oxygen atoms in total. The Kier molecular flexibility index (Phi) is 7.30. The van der Waals surface area contributed by atoms with Crippen LogP contribution in [-0.4, -0.2) is 0 Å². The third-order valence-electron chi connectivity index (χ3n) is 3.59. The zero-order valence-electron chi connectivity index (χ0n) is 9.68. The average molecular weight is 345 g/mol. The van der Waals surface area contributed by atoms with Crippen LogP contribution in [0.1, 0.15) is 6.92 Å². The third kappa shape index (κ3) is 3.25. The predicted molar refractivity (Wildman–Crippen MR) is 59.4 cm³/mol. The van der Waals surface area contributed by atoms with E-state index < -0.39 is 0 Å². The van der Waals surface area contributed by atoms with E-state index in [1.54, 1.807) is 0 Å². The van der Waals surface area contributed by atoms with Crippen LogP contribution >= 0.6 is 0 Å². The van der Waals surface area contributed by atoms with Crippen molar-refractivity contribution in [2.75, 3.05) is 0 Å². The van der Waals surface area contributed by atoms with Crippen molar-refractivity contribution in [3.63, 3.8) is 0 Å². The minimum Gasteiger partial charge on any atom is -1.00 e. The Morgan fingerprint density at radius 1 is 0.941 bits per heavy atom. The van der Waals surface area contributed by atoms with Crippen LogP contribution in [0.2, 0.25) is 0 Å². The molecule has 1 radical (unpaired) electrons. The van der Waals surface area contributed by atoms with Gasteiger partial charge in [0.2, 0.25) is 0 Å². The molecule has 0 aromatic heterocycles. The first-order valence-corrected chi connectivity index (χ1v) is 5.41. The van der Waals surface area contributed by atoms with Gasteiger partial charge in [-0.05, 0) is 18.8 Å². The van der Waals surface area contributed by atoms with Crippen molar-refractivity contribution in [2.45, 2.75) is 6.92 Å². The summed E-state index contributed by atoms with van der Waals surface area (Å²) < 4.78 is 0. The van der Waals surface area contributed by atoms with Crippen molar-refractivity contribution in [3.05, 3.63) is 54.5 Å². The molecule has 0 spiro atoms. The van der Waals surface area contributed by atoms with Gasteiger partial charge in [0.15, 0.2) is 0 Å². The molecule has 1 fully saturated rings. The smallest absolute Gasteiger partial charge is 1.00 e. The molecular formula is C14H15Cl2Zr. The van der Waals surface area contributed by atoms with E-state index in [2.05, 4.69) is 55.9 Å². The van der Waals surface area contributed by atoms with Gasteiger partial charge in [-0.3, -0.25) is 0 Å². The maximum Gasteiger partial charge on any atom is 3.00 e. The standard InChI is InChI=1S/C14H15.2ClH.Zr/c1-10-6-7-14-12(8-10)9-11-4-2-3-5-13(11)14;;;/h2-9,11-14H,1H3;2*1H;/q-1;;;+3/p-2. The molecule has 0 N–H and O–H groups in total. The van der Waals surface area contributed by atoms with E-state index in [0.29, 0.717) is 23.7 Å². The van der Waals surface area contributed by atoms with Crippen LogP contribution in [0.25, 0.3) is 0 Å². The average Bonchev–Trinajstić information content (AvgIpc) is 2.54. The van der Waals surface area contributed by atoms with Crippen molar-refractivity contribution >= 4 is 0 Å². The van der Waals surface area contributed by atoms with Crippen molar-refractivity contribution in [1.82, 2.24) is 0 Å². The van der Waals surface area contributed by atoms with Crippen LogP contribution in [-0.2, 0) is 26.2 Å². The molecule has 0 aromatic carbocycles. The SMILES string of the molecule is CC1=CC2[CH-]C3C=CC=CC3C2C=C1.[Cl-].[Cl-].[Zr+3]. The minimum atomic E-state index is 0. The number of hydrogen-bond acceptors (Lipinski definition) is 0. The van der Waals surface area contributed by atoms with Gasteiger partial charge in [0.1, 0.15) is 0 Å². The number of halogens is 2. The van der Waals surface area contributed by atoms with Gasteiger partial charge < -0.3 is 31.2 Å². The summed E-state index contributed by atoms with van der Waals surface area (Å²) in [6.07, 6.45) is 18.6. The van der Waals surface area contributed by atoms with Crippen LogP contribution in [0, 0.1) is 30.1 Å². The van der Waals surface area contributed by atoms with E-state index in [-0.39, 0.29) is 51.0 Å². The van der Waals surface area contributed by atoms with Gasteiger partial charge in [0, 0.05) is 0 Å². The molecule has 3 aliphatic rings. The number of rotatable bonds is 0. The fraction of sp³-hybridized carbons (Fsp3) is 0.357. The Morgan fingerprint density at radius 2 is 1.59 bits per heavy atom. The van der Waals surface area contributed by atoms with Gasteiger partial charge in [-0.1, -0.05) is 36.0 Å². The molecule has 0 amide bonds. The van der Waals surface area contributed by atoms with Gasteiger partial charge in [-0.15, -0.1) is 24.0 Å². The molecular weight excluding hydrogens is 330 g/mol. The molecule has 0 bridgehead atoms. The second-order valence-corrected chi connectivity index (χ2v) is 4.54. The second-order valence-electron chi connectivity index (χ2n) is 4.54. The summed E-state index contributed by atoms with van der Waals surface area (Å²) in [6, 6.07) is 0. The molecule has 0 aromatic rings. The van der Waals surface area contributed by atoms with Gasteiger partial charge in [0.25, 0.3) is 0 Å². The van der Waals surface area contributed by atoms with Crippen LogP contribution < -0.4 is 24.8 Å². The van der Waals surface area contributed by atoms with E-state index in [1.807, 2.05) is 0 Å². The Labute approximate surface area is 135 Å². The van der Waals surface area contributed by atoms with E-state index >= 15 is 0 Å². The van der Waals surface area contributed by atoms with Gasteiger partial charge in [-0.2, -0.15) is 0 Å². The van der Waals surface area contributed by atoms with E-state index in [0.717, 1.165) is 0 Å². The maximum absolute atomic E-state index is 2.50. The summed E-state index contributed by atoms with van der Waals surface area (Å²) in [5, 5.41) is 0. The number of allylic oxidation sites excluding steroid dienone is 8. The molecule has 4 unspecified atom stereocenters. The first-order chi connectivity index (χ1) is 6.84. The minimum absolute atomic E-state index is 0. The van der Waals surface area contributed by atoms with E-state index in [1.165, 1.54) is 5.57 Å². The van der Waals surface area contributed by atoms with Crippen molar-refractivity contribution in [1.29, 1.82) is 0 Å². The summed E-state index contributed by atoms with van der Waals surface area (Å²) in [5.74, 6) is 2.76. The maximum atomic E-state index is 2.50. The topological polar surface area (TPSA) is 0 Å². The third-order valence-corrected chi connectivity index (χ3v) is 3.59. The summed E-state index contributed by atoms with van der Waals surface area (Å²) in [7, 11) is 0. The van der Waals surface area contributed by atoms with Crippen LogP contribution in [0.4, 0.5) is 0 Å². The summed E-state index contributed by atoms with van der Waals surface area (Å²) in [5.41, 5.74) is 1.41. The van der Waals surface area contributed by atoms with Gasteiger partial charge in [0.05, 0.1) is 0 Å². The summed E-state index contributed by atoms with van der Waals surface area (Å²) >= 11 is 0. The Morgan fingerprint density at radius 3 is 2.35 bits per heavy atom. The molecule has 1 saturated carbocycles. The van der Waals surface area contributed by atoms with E-state index in [9.17, 15) is 0 Å². The normalized spacial score (nSPS) is 35.7. The molecule has 89 valence electrons. The van der Waals surface area contributed by atoms with Crippen LogP contribution in [0.5, 0.6) is 0 Å². The molecule has 3 rings (SSSR count). The van der Waals surface area contributed by atoms with Crippen LogP contribution in [0.15, 0.2) is 48.1 Å². The summed E-state index contributed by atoms with van der Waals surface area (Å²) in [6.45, 7) is 2.19. The quantitative estimate of drug-likeness (QED) is 0.420. The largest absolute Gasteiger partial charge is 3.00 e. The van der Waals surface area contributed by atoms with E-state index in [4.69, 9.17) is 0 Å².